The molecule has 0 saturated carbocycles. The van der Waals surface area contributed by atoms with Crippen molar-refractivity contribution in [2.24, 2.45) is 0 Å². The lowest BCUT2D eigenvalue weighted by molar-refractivity contribution is 0.192. The molecular formula is C24H23F2N3O3S. The molecule has 0 aliphatic carbocycles. The van der Waals surface area contributed by atoms with Gasteiger partial charge in [-0.05, 0) is 73.0 Å². The van der Waals surface area contributed by atoms with E-state index in [0.29, 0.717) is 31.7 Å². The van der Waals surface area contributed by atoms with Crippen molar-refractivity contribution >= 4 is 27.4 Å². The molecule has 4 rings (SSSR count). The second kappa shape index (κ2) is 9.19. The molecule has 9 heteroatoms. The van der Waals surface area contributed by atoms with Crippen molar-refractivity contribution < 1.29 is 22.0 Å². The third kappa shape index (κ3) is 5.14. The van der Waals surface area contributed by atoms with E-state index in [1.165, 1.54) is 29.2 Å². The molecule has 0 bridgehead atoms. The van der Waals surface area contributed by atoms with Gasteiger partial charge < -0.3 is 4.90 Å². The lowest BCUT2D eigenvalue weighted by Gasteiger charge is -2.36. The highest BCUT2D eigenvalue weighted by molar-refractivity contribution is 7.92. The Labute approximate surface area is 191 Å². The third-order valence-corrected chi connectivity index (χ3v) is 6.79. The van der Waals surface area contributed by atoms with Gasteiger partial charge in [0, 0.05) is 19.6 Å². The second-order valence-corrected chi connectivity index (χ2v) is 9.60. The molecule has 33 heavy (non-hydrogen) atoms. The lowest BCUT2D eigenvalue weighted by Crippen LogP contribution is -2.49. The molecule has 2 amide bonds. The van der Waals surface area contributed by atoms with Crippen LogP contribution in [0.2, 0.25) is 0 Å². The van der Waals surface area contributed by atoms with Crippen LogP contribution in [0.15, 0.2) is 71.6 Å². The number of nitrogens with zero attached hydrogens (tertiary/aromatic N) is 2. The molecule has 6 nitrogen and oxygen atoms in total. The second-order valence-electron chi connectivity index (χ2n) is 7.92. The molecule has 1 N–H and O–H groups in total. The van der Waals surface area contributed by atoms with Crippen molar-refractivity contribution in [1.82, 2.24) is 4.90 Å². The van der Waals surface area contributed by atoms with E-state index in [2.05, 4.69) is 4.72 Å². The highest BCUT2D eigenvalue weighted by Crippen LogP contribution is 2.32. The maximum atomic E-state index is 13.3. The van der Waals surface area contributed by atoms with Crippen LogP contribution in [-0.4, -0.2) is 32.4 Å². The van der Waals surface area contributed by atoms with E-state index in [0.717, 1.165) is 23.3 Å². The van der Waals surface area contributed by atoms with Gasteiger partial charge >= 0.3 is 6.03 Å². The topological polar surface area (TPSA) is 69.7 Å². The van der Waals surface area contributed by atoms with E-state index in [4.69, 9.17) is 0 Å². The zero-order chi connectivity index (χ0) is 23.6. The quantitative estimate of drug-likeness (QED) is 0.556. The normalized spacial score (nSPS) is 14.5. The average Bonchev–Trinajstić information content (AvgIpc) is 2.77. The van der Waals surface area contributed by atoms with Gasteiger partial charge in [-0.1, -0.05) is 18.2 Å². The maximum absolute atomic E-state index is 13.3. The van der Waals surface area contributed by atoms with Crippen molar-refractivity contribution in [2.75, 3.05) is 22.7 Å². The van der Waals surface area contributed by atoms with Crippen LogP contribution < -0.4 is 9.62 Å². The Morgan fingerprint density at radius 2 is 1.55 bits per heavy atom. The number of aryl methyl sites for hydroxylation is 1. The van der Waals surface area contributed by atoms with Gasteiger partial charge in [0.1, 0.15) is 11.6 Å². The van der Waals surface area contributed by atoms with Gasteiger partial charge in [0.15, 0.2) is 0 Å². The van der Waals surface area contributed by atoms with Crippen LogP contribution in [0.1, 0.15) is 17.5 Å². The number of anilines is 2. The molecule has 3 aromatic rings. The molecule has 0 radical (unpaired) electrons. The fourth-order valence-corrected chi connectivity index (χ4v) is 4.81. The first-order valence-electron chi connectivity index (χ1n) is 10.4. The van der Waals surface area contributed by atoms with Gasteiger partial charge in [0.2, 0.25) is 0 Å². The van der Waals surface area contributed by atoms with Crippen LogP contribution in [0.25, 0.3) is 0 Å². The molecule has 1 fully saturated rings. The lowest BCUT2D eigenvalue weighted by atomic mass is 10.1. The van der Waals surface area contributed by atoms with Crippen LogP contribution in [0.4, 0.5) is 25.0 Å². The van der Waals surface area contributed by atoms with Crippen LogP contribution in [0.5, 0.6) is 0 Å². The Kier molecular flexibility index (Phi) is 6.33. The zero-order valence-electron chi connectivity index (χ0n) is 18.0. The van der Waals surface area contributed by atoms with Crippen LogP contribution in [0, 0.1) is 18.6 Å². The number of carbonyl (C=O) groups excluding carboxylic acids is 1. The highest BCUT2D eigenvalue weighted by atomic mass is 32.2. The molecular weight excluding hydrogens is 448 g/mol. The molecule has 3 aromatic carbocycles. The smallest absolute Gasteiger partial charge is 0.320 e. The van der Waals surface area contributed by atoms with E-state index >= 15 is 0 Å². The minimum Gasteiger partial charge on any atom is -0.320 e. The van der Waals surface area contributed by atoms with Gasteiger partial charge in [0.25, 0.3) is 10.0 Å². The minimum atomic E-state index is -4.00. The molecule has 0 aromatic heterocycles. The van der Waals surface area contributed by atoms with Gasteiger partial charge in [0.05, 0.1) is 16.3 Å². The number of benzene rings is 3. The number of hydrogen-bond acceptors (Lipinski definition) is 3. The number of nitrogens with one attached hydrogen (secondary N) is 1. The summed E-state index contributed by atoms with van der Waals surface area (Å²) in [7, 11) is -4.00. The number of rotatable bonds is 6. The summed E-state index contributed by atoms with van der Waals surface area (Å²) in [5.41, 5.74) is 2.30. The van der Waals surface area contributed by atoms with E-state index in [9.17, 15) is 22.0 Å². The predicted molar refractivity (Wildman–Crippen MR) is 123 cm³/mol. The predicted octanol–water partition coefficient (Wildman–Crippen LogP) is 4.91. The molecule has 1 heterocycles. The monoisotopic (exact) mass is 471 g/mol. The Morgan fingerprint density at radius 3 is 2.21 bits per heavy atom. The van der Waals surface area contributed by atoms with E-state index in [1.54, 1.807) is 35.2 Å². The molecule has 0 atom stereocenters. The number of urea groups is 1. The van der Waals surface area contributed by atoms with E-state index in [1.807, 2.05) is 6.92 Å². The maximum Gasteiger partial charge on any atom is 0.324 e. The minimum absolute atomic E-state index is 0.0840. The molecule has 172 valence electrons. The number of halogens is 2. The van der Waals surface area contributed by atoms with Crippen LogP contribution >= 0.6 is 0 Å². The first kappa shape index (κ1) is 22.7. The summed E-state index contributed by atoms with van der Waals surface area (Å²) in [6.07, 6.45) is 0.685. The van der Waals surface area contributed by atoms with Crippen molar-refractivity contribution in [3.63, 3.8) is 0 Å². The van der Waals surface area contributed by atoms with Gasteiger partial charge in [-0.25, -0.2) is 22.0 Å². The van der Waals surface area contributed by atoms with E-state index < -0.39 is 15.8 Å². The Hall–Kier alpha value is -3.46. The average molecular weight is 472 g/mol. The fourth-order valence-electron chi connectivity index (χ4n) is 3.75. The number of amides is 2. The molecule has 1 aliphatic rings. The highest BCUT2D eigenvalue weighted by Gasteiger charge is 2.29. The van der Waals surface area contributed by atoms with Gasteiger partial charge in [-0.3, -0.25) is 9.62 Å². The number of sulfonamides is 1. The molecule has 1 aliphatic heterocycles. The van der Waals surface area contributed by atoms with Crippen LogP contribution in [-0.2, 0) is 16.6 Å². The SMILES string of the molecule is Cc1ccc(N2CCCN(Cc3ccc(F)cc3)C2=O)c(NS(=O)(=O)c2ccc(F)cc2)c1. The summed E-state index contributed by atoms with van der Waals surface area (Å²) in [5, 5.41) is 0. The Balaban J connectivity index is 1.61. The van der Waals surface area contributed by atoms with Crippen LogP contribution in [0.3, 0.4) is 0 Å². The van der Waals surface area contributed by atoms with Gasteiger partial charge in [-0.2, -0.15) is 0 Å². The zero-order valence-corrected chi connectivity index (χ0v) is 18.8. The van der Waals surface area contributed by atoms with Crippen molar-refractivity contribution in [1.29, 1.82) is 0 Å². The number of carbonyl (C=O) groups is 1. The summed E-state index contributed by atoms with van der Waals surface area (Å²) in [6, 6.07) is 15.4. The summed E-state index contributed by atoms with van der Waals surface area (Å²) in [5.74, 6) is -0.881. The number of hydrogen-bond donors (Lipinski definition) is 1. The van der Waals surface area contributed by atoms with E-state index in [-0.39, 0.29) is 22.4 Å². The first-order chi connectivity index (χ1) is 15.7. The molecule has 0 spiro atoms. The Bertz CT molecular complexity index is 1260. The molecule has 0 unspecified atom stereocenters. The van der Waals surface area contributed by atoms with Crippen molar-refractivity contribution in [3.8, 4) is 0 Å². The first-order valence-corrected chi connectivity index (χ1v) is 11.9. The third-order valence-electron chi connectivity index (χ3n) is 5.41. The fraction of sp³-hybridized carbons (Fsp3) is 0.208. The summed E-state index contributed by atoms with van der Waals surface area (Å²) < 4.78 is 54.8. The summed E-state index contributed by atoms with van der Waals surface area (Å²) in [6.45, 7) is 3.10. The Morgan fingerprint density at radius 1 is 0.909 bits per heavy atom. The van der Waals surface area contributed by atoms with Crippen molar-refractivity contribution in [3.05, 3.63) is 89.5 Å². The van der Waals surface area contributed by atoms with Crippen molar-refractivity contribution in [2.45, 2.75) is 24.8 Å². The molecule has 1 saturated heterocycles. The van der Waals surface area contributed by atoms with Gasteiger partial charge in [-0.15, -0.1) is 0 Å². The summed E-state index contributed by atoms with van der Waals surface area (Å²) in [4.78, 5) is 16.4. The summed E-state index contributed by atoms with van der Waals surface area (Å²) >= 11 is 0. The standard InChI is InChI=1S/C24H23F2N3O3S/c1-17-3-12-23(22(15-17)27-33(31,32)21-10-8-20(26)9-11-21)29-14-2-13-28(24(29)30)16-18-4-6-19(25)7-5-18/h3-12,15,27H,2,13-14,16H2,1H3. The largest absolute Gasteiger partial charge is 0.324 e.